The second-order valence-corrected chi connectivity index (χ2v) is 12.0. The van der Waals surface area contributed by atoms with Gasteiger partial charge < -0.3 is 31.9 Å². The molecule has 0 aliphatic carbocycles. The average Bonchev–Trinajstić information content (AvgIpc) is 3.50. The fourth-order valence-electron chi connectivity index (χ4n) is 5.55. The zero-order valence-electron chi connectivity index (χ0n) is 26.6. The molecule has 244 valence electrons. The average molecular weight is 621 g/mol. The maximum atomic E-state index is 14.0. The van der Waals surface area contributed by atoms with Crippen LogP contribution in [0, 0.1) is 5.92 Å². The number of hydrogen-bond acceptors (Lipinski definition) is 6. The predicted molar refractivity (Wildman–Crippen MR) is 174 cm³/mol. The molecule has 0 spiro atoms. The van der Waals surface area contributed by atoms with Gasteiger partial charge in [0.15, 0.2) is 0 Å². The largest absolute Gasteiger partial charge is 0.344 e. The zero-order valence-corrected chi connectivity index (χ0v) is 26.6. The lowest BCUT2D eigenvalue weighted by molar-refractivity contribution is -0.142. The van der Waals surface area contributed by atoms with Crippen LogP contribution in [0.3, 0.4) is 0 Å². The van der Waals surface area contributed by atoms with Gasteiger partial charge in [0.25, 0.3) is 0 Å². The number of carbonyl (C=O) groups is 5. The van der Waals surface area contributed by atoms with Crippen molar-refractivity contribution in [1.29, 1.82) is 0 Å². The van der Waals surface area contributed by atoms with Crippen LogP contribution in [-0.4, -0.2) is 71.7 Å². The van der Waals surface area contributed by atoms with Gasteiger partial charge in [-0.3, -0.25) is 24.0 Å². The molecule has 1 aliphatic heterocycles. The molecule has 0 unspecified atom stereocenters. The first kappa shape index (κ1) is 35.2. The maximum absolute atomic E-state index is 14.0. The molecule has 11 nitrogen and oxygen atoms in total. The van der Waals surface area contributed by atoms with E-state index in [1.165, 1.54) is 11.8 Å². The second-order valence-electron chi connectivity index (χ2n) is 12.0. The minimum atomic E-state index is -0.889. The van der Waals surface area contributed by atoms with E-state index < -0.39 is 36.0 Å². The molecule has 1 heterocycles. The number of rotatable bonds is 16. The fourth-order valence-corrected chi connectivity index (χ4v) is 5.55. The molecule has 0 aromatic heterocycles. The number of unbranched alkanes of at least 4 members (excludes halogenated alkanes) is 1. The summed E-state index contributed by atoms with van der Waals surface area (Å²) >= 11 is 0. The van der Waals surface area contributed by atoms with Gasteiger partial charge in [-0.25, -0.2) is 0 Å². The van der Waals surface area contributed by atoms with Gasteiger partial charge in [-0.2, -0.15) is 0 Å². The highest BCUT2D eigenvalue weighted by Gasteiger charge is 2.39. The highest BCUT2D eigenvalue weighted by molar-refractivity contribution is 5.99. The number of para-hydroxylation sites is 1. The van der Waals surface area contributed by atoms with Crippen LogP contribution in [0.1, 0.15) is 64.9 Å². The van der Waals surface area contributed by atoms with Crippen LogP contribution in [-0.2, 0) is 30.4 Å². The molecule has 45 heavy (non-hydrogen) atoms. The lowest BCUT2D eigenvalue weighted by atomic mass is 10.00. The summed E-state index contributed by atoms with van der Waals surface area (Å²) in [5.74, 6) is -1.86. The Hall–Kier alpha value is -4.25. The van der Waals surface area contributed by atoms with Crippen molar-refractivity contribution in [3.63, 3.8) is 0 Å². The van der Waals surface area contributed by atoms with Gasteiger partial charge in [0.1, 0.15) is 24.2 Å². The third-order valence-electron chi connectivity index (χ3n) is 7.76. The van der Waals surface area contributed by atoms with Crippen LogP contribution in [0.25, 0.3) is 0 Å². The van der Waals surface area contributed by atoms with Gasteiger partial charge in [0.2, 0.25) is 29.5 Å². The Morgan fingerprint density at radius 1 is 0.844 bits per heavy atom. The molecule has 5 amide bonds. The van der Waals surface area contributed by atoms with E-state index in [0.717, 1.165) is 5.56 Å². The van der Waals surface area contributed by atoms with Crippen molar-refractivity contribution >= 4 is 35.2 Å². The maximum Gasteiger partial charge on any atom is 0.246 e. The van der Waals surface area contributed by atoms with E-state index in [9.17, 15) is 24.0 Å². The van der Waals surface area contributed by atoms with Crippen LogP contribution in [0.2, 0.25) is 0 Å². The van der Waals surface area contributed by atoms with E-state index in [4.69, 9.17) is 5.73 Å². The summed E-state index contributed by atoms with van der Waals surface area (Å²) in [5, 5.41) is 11.3. The summed E-state index contributed by atoms with van der Waals surface area (Å²) in [5.41, 5.74) is 7.15. The number of nitrogens with zero attached hydrogens (tertiary/aromatic N) is 1. The van der Waals surface area contributed by atoms with Crippen molar-refractivity contribution in [2.24, 2.45) is 11.7 Å². The lowest BCUT2D eigenvalue weighted by Crippen LogP contribution is -2.58. The molecule has 11 heteroatoms. The molecule has 0 saturated carbocycles. The second kappa shape index (κ2) is 17.9. The summed E-state index contributed by atoms with van der Waals surface area (Å²) in [6.45, 7) is 6.08. The lowest BCUT2D eigenvalue weighted by Gasteiger charge is -2.31. The topological polar surface area (TPSA) is 163 Å². The number of nitrogens with one attached hydrogen (secondary N) is 4. The fraction of sp³-hybridized carbons (Fsp3) is 0.500. The van der Waals surface area contributed by atoms with E-state index in [2.05, 4.69) is 21.3 Å². The van der Waals surface area contributed by atoms with Gasteiger partial charge >= 0.3 is 0 Å². The molecule has 6 N–H and O–H groups in total. The van der Waals surface area contributed by atoms with Crippen LogP contribution in [0.4, 0.5) is 5.69 Å². The molecule has 3 rings (SSSR count). The summed E-state index contributed by atoms with van der Waals surface area (Å²) in [6, 6.07) is 15.0. The normalized spacial score (nSPS) is 16.4. The van der Waals surface area contributed by atoms with Crippen LogP contribution in [0.5, 0.6) is 0 Å². The SMILES string of the molecule is CC(=O)N[C@@H](Cc1ccccc1)C(=O)N[C@@H](CC(C)C)C(=O)N1CCC[C@H]1C(=O)N[C@@H](CCCCN)C(=O)Nc1ccccc1. The molecule has 1 fully saturated rings. The number of likely N-dealkylation sites (tertiary alicyclic amines) is 1. The number of hydrogen-bond donors (Lipinski definition) is 5. The van der Waals surface area contributed by atoms with Gasteiger partial charge in [-0.15, -0.1) is 0 Å². The van der Waals surface area contributed by atoms with E-state index in [-0.39, 0.29) is 30.1 Å². The van der Waals surface area contributed by atoms with Crippen molar-refractivity contribution in [2.75, 3.05) is 18.4 Å². The van der Waals surface area contributed by atoms with Crippen LogP contribution < -0.4 is 27.0 Å². The standard InChI is InChI=1S/C34H48N6O5/c1-23(2)21-29(39-32(43)28(36-24(3)41)22-25-13-6-4-7-14-25)34(45)40-20-12-18-30(40)33(44)38-27(17-10-11-19-35)31(42)37-26-15-8-5-9-16-26/h4-9,13-16,23,27-30H,10-12,17-22,35H2,1-3H3,(H,36,41)(H,37,42)(H,38,44)(H,39,43)/t27-,28-,29-,30-/m0/s1. The zero-order chi connectivity index (χ0) is 32.8. The minimum Gasteiger partial charge on any atom is -0.344 e. The predicted octanol–water partition coefficient (Wildman–Crippen LogP) is 2.51. The van der Waals surface area contributed by atoms with Crippen molar-refractivity contribution in [2.45, 2.75) is 89.9 Å². The third kappa shape index (κ3) is 11.3. The van der Waals surface area contributed by atoms with Gasteiger partial charge in [-0.1, -0.05) is 62.4 Å². The molecule has 1 saturated heterocycles. The number of anilines is 1. The molecular weight excluding hydrogens is 572 g/mol. The van der Waals surface area contributed by atoms with Crippen LogP contribution in [0.15, 0.2) is 60.7 Å². The van der Waals surface area contributed by atoms with E-state index in [1.54, 1.807) is 12.1 Å². The van der Waals surface area contributed by atoms with E-state index >= 15 is 0 Å². The molecule has 2 aromatic carbocycles. The van der Waals surface area contributed by atoms with Crippen molar-refractivity contribution in [3.05, 3.63) is 66.2 Å². The number of benzene rings is 2. The van der Waals surface area contributed by atoms with E-state index in [1.807, 2.05) is 62.4 Å². The Bertz CT molecular complexity index is 1270. The quantitative estimate of drug-likeness (QED) is 0.181. The first-order valence-electron chi connectivity index (χ1n) is 15.9. The van der Waals surface area contributed by atoms with E-state index in [0.29, 0.717) is 57.3 Å². The van der Waals surface area contributed by atoms with Crippen molar-refractivity contribution in [3.8, 4) is 0 Å². The Kier molecular flexibility index (Phi) is 14.0. The molecular formula is C34H48N6O5. The van der Waals surface area contributed by atoms with Gasteiger partial charge in [0, 0.05) is 25.6 Å². The van der Waals surface area contributed by atoms with Gasteiger partial charge in [0.05, 0.1) is 0 Å². The minimum absolute atomic E-state index is 0.0658. The first-order chi connectivity index (χ1) is 21.6. The molecule has 0 bridgehead atoms. The summed E-state index contributed by atoms with van der Waals surface area (Å²) in [4.78, 5) is 67.7. The monoisotopic (exact) mass is 620 g/mol. The Balaban J connectivity index is 1.74. The first-order valence-corrected chi connectivity index (χ1v) is 15.9. The number of amides is 5. The molecule has 0 radical (unpaired) electrons. The van der Waals surface area contributed by atoms with Crippen molar-refractivity contribution in [1.82, 2.24) is 20.9 Å². The Morgan fingerprint density at radius 2 is 1.51 bits per heavy atom. The third-order valence-corrected chi connectivity index (χ3v) is 7.76. The molecule has 1 aliphatic rings. The highest BCUT2D eigenvalue weighted by Crippen LogP contribution is 2.21. The summed E-state index contributed by atoms with van der Waals surface area (Å²) < 4.78 is 0. The molecule has 4 atom stereocenters. The highest BCUT2D eigenvalue weighted by atomic mass is 16.2. The van der Waals surface area contributed by atoms with Crippen LogP contribution >= 0.6 is 0 Å². The Morgan fingerprint density at radius 3 is 2.13 bits per heavy atom. The number of carbonyl (C=O) groups excluding carboxylic acids is 5. The smallest absolute Gasteiger partial charge is 0.246 e. The van der Waals surface area contributed by atoms with Crippen molar-refractivity contribution < 1.29 is 24.0 Å². The molecule has 2 aromatic rings. The van der Waals surface area contributed by atoms with Gasteiger partial charge in [-0.05, 0) is 68.7 Å². The number of nitrogens with two attached hydrogens (primary N) is 1. The summed E-state index contributed by atoms with van der Waals surface area (Å²) in [6.07, 6.45) is 3.44. The summed E-state index contributed by atoms with van der Waals surface area (Å²) in [7, 11) is 0. The Labute approximate surface area is 266 Å².